The van der Waals surface area contributed by atoms with Gasteiger partial charge in [0.1, 0.15) is 0 Å². The van der Waals surface area contributed by atoms with E-state index in [9.17, 15) is 13.6 Å². The average Bonchev–Trinajstić information content (AvgIpc) is 2.79. The van der Waals surface area contributed by atoms with E-state index in [-0.39, 0.29) is 17.8 Å². The number of halogens is 3. The highest BCUT2D eigenvalue weighted by atomic mass is 79.9. The van der Waals surface area contributed by atoms with Gasteiger partial charge in [0.05, 0.1) is 16.7 Å². The first-order valence-electron chi connectivity index (χ1n) is 6.13. The van der Waals surface area contributed by atoms with E-state index >= 15 is 0 Å². The molecule has 0 aliphatic rings. The zero-order chi connectivity index (χ0) is 15.0. The monoisotopic (exact) mass is 353 g/mol. The number of benzene rings is 2. The summed E-state index contributed by atoms with van der Waals surface area (Å²) in [7, 11) is 0. The number of rotatable bonds is 3. The summed E-state index contributed by atoms with van der Waals surface area (Å²) in [6.45, 7) is 0.127. The van der Waals surface area contributed by atoms with Crippen LogP contribution in [-0.2, 0) is 6.54 Å². The Hall–Kier alpha value is -2.15. The van der Waals surface area contributed by atoms with Crippen LogP contribution in [0.5, 0.6) is 0 Å². The van der Waals surface area contributed by atoms with Crippen molar-refractivity contribution in [3.63, 3.8) is 0 Å². The molecule has 0 bridgehead atoms. The number of imidazole rings is 1. The van der Waals surface area contributed by atoms with Crippen molar-refractivity contribution in [1.29, 1.82) is 0 Å². The number of aromatic nitrogens is 2. The third-order valence-corrected chi connectivity index (χ3v) is 3.76. The fourth-order valence-corrected chi connectivity index (χ4v) is 2.55. The van der Waals surface area contributed by atoms with Crippen LogP contribution in [0.3, 0.4) is 0 Å². The van der Waals surface area contributed by atoms with Crippen LogP contribution in [0.4, 0.5) is 14.5 Å². The van der Waals surface area contributed by atoms with E-state index in [2.05, 4.69) is 31.2 Å². The molecule has 0 amide bonds. The summed E-state index contributed by atoms with van der Waals surface area (Å²) < 4.78 is 27.4. The Kier molecular flexibility index (Phi) is 3.50. The summed E-state index contributed by atoms with van der Waals surface area (Å²) in [6.07, 6.45) is 0. The zero-order valence-electron chi connectivity index (χ0n) is 10.6. The molecule has 21 heavy (non-hydrogen) atoms. The lowest BCUT2D eigenvalue weighted by atomic mass is 10.2. The highest BCUT2D eigenvalue weighted by molar-refractivity contribution is 9.10. The summed E-state index contributed by atoms with van der Waals surface area (Å²) in [4.78, 5) is 16.5. The van der Waals surface area contributed by atoms with Crippen LogP contribution in [0.25, 0.3) is 11.0 Å². The molecule has 0 aliphatic heterocycles. The molecular formula is C14H10BrF2N3O. The van der Waals surface area contributed by atoms with Crippen molar-refractivity contribution in [2.24, 2.45) is 0 Å². The first-order valence-corrected chi connectivity index (χ1v) is 6.92. The number of aromatic amines is 2. The molecule has 3 rings (SSSR count). The first kappa shape index (κ1) is 13.8. The molecule has 0 fully saturated rings. The van der Waals surface area contributed by atoms with Crippen LogP contribution in [0.2, 0.25) is 0 Å². The molecule has 0 atom stereocenters. The summed E-state index contributed by atoms with van der Waals surface area (Å²) in [5.41, 5.74) is 1.89. The highest BCUT2D eigenvalue weighted by Crippen LogP contribution is 2.27. The minimum absolute atomic E-state index is 0.127. The highest BCUT2D eigenvalue weighted by Gasteiger charge is 2.09. The van der Waals surface area contributed by atoms with Crippen molar-refractivity contribution in [3.05, 3.63) is 62.5 Å². The standard InChI is InChI=1S/C14H10BrF2N3O/c15-8-4-11-12(20-14(21)19-11)5-10(8)18-6-7-2-1-3-9(16)13(7)17/h1-5,18H,6H2,(H2,19,20,21). The fourth-order valence-electron chi connectivity index (χ4n) is 2.07. The van der Waals surface area contributed by atoms with Crippen LogP contribution >= 0.6 is 15.9 Å². The van der Waals surface area contributed by atoms with Gasteiger partial charge in [0.15, 0.2) is 11.6 Å². The van der Waals surface area contributed by atoms with Gasteiger partial charge in [-0.05, 0) is 34.1 Å². The van der Waals surface area contributed by atoms with Crippen molar-refractivity contribution >= 4 is 32.7 Å². The Balaban J connectivity index is 1.89. The predicted molar refractivity (Wildman–Crippen MR) is 80.3 cm³/mol. The second kappa shape index (κ2) is 5.33. The molecule has 2 aromatic carbocycles. The summed E-state index contributed by atoms with van der Waals surface area (Å²) in [5, 5.41) is 3.01. The van der Waals surface area contributed by atoms with Gasteiger partial charge in [0.25, 0.3) is 0 Å². The Morgan fingerprint density at radius 3 is 2.62 bits per heavy atom. The lowest BCUT2D eigenvalue weighted by molar-refractivity contribution is 0.500. The van der Waals surface area contributed by atoms with Crippen LogP contribution < -0.4 is 11.0 Å². The minimum Gasteiger partial charge on any atom is -0.380 e. The van der Waals surface area contributed by atoms with Crippen LogP contribution in [-0.4, -0.2) is 9.97 Å². The topological polar surface area (TPSA) is 60.7 Å². The Bertz CT molecular complexity index is 872. The van der Waals surface area contributed by atoms with Gasteiger partial charge in [-0.2, -0.15) is 0 Å². The van der Waals surface area contributed by atoms with Crippen molar-refractivity contribution < 1.29 is 8.78 Å². The van der Waals surface area contributed by atoms with Gasteiger partial charge in [0.2, 0.25) is 0 Å². The molecule has 108 valence electrons. The van der Waals surface area contributed by atoms with E-state index in [1.807, 2.05) is 0 Å². The number of nitrogens with one attached hydrogen (secondary N) is 3. The molecule has 0 saturated heterocycles. The van der Waals surface area contributed by atoms with Gasteiger partial charge in [-0.1, -0.05) is 12.1 Å². The van der Waals surface area contributed by atoms with E-state index < -0.39 is 11.6 Å². The van der Waals surface area contributed by atoms with Crippen LogP contribution in [0.1, 0.15) is 5.56 Å². The number of hydrogen-bond acceptors (Lipinski definition) is 2. The maximum atomic E-state index is 13.6. The van der Waals surface area contributed by atoms with E-state index in [4.69, 9.17) is 0 Å². The van der Waals surface area contributed by atoms with Gasteiger partial charge in [0, 0.05) is 16.6 Å². The van der Waals surface area contributed by atoms with Crippen molar-refractivity contribution in [1.82, 2.24) is 9.97 Å². The first-order chi connectivity index (χ1) is 10.0. The minimum atomic E-state index is -0.876. The molecular weight excluding hydrogens is 344 g/mol. The second-order valence-corrected chi connectivity index (χ2v) is 5.38. The van der Waals surface area contributed by atoms with E-state index in [0.29, 0.717) is 21.2 Å². The van der Waals surface area contributed by atoms with Gasteiger partial charge in [-0.15, -0.1) is 0 Å². The summed E-state index contributed by atoms with van der Waals surface area (Å²) >= 11 is 3.37. The number of fused-ring (bicyclic) bond motifs is 1. The zero-order valence-corrected chi connectivity index (χ0v) is 12.2. The molecule has 0 saturated carbocycles. The molecule has 4 nitrogen and oxygen atoms in total. The van der Waals surface area contributed by atoms with Gasteiger partial charge >= 0.3 is 5.69 Å². The normalized spacial score (nSPS) is 11.0. The smallest absolute Gasteiger partial charge is 0.323 e. The van der Waals surface area contributed by atoms with Gasteiger partial charge < -0.3 is 15.3 Å². The number of H-pyrrole nitrogens is 2. The molecule has 3 N–H and O–H groups in total. The molecule has 0 unspecified atom stereocenters. The van der Waals surface area contributed by atoms with E-state index in [0.717, 1.165) is 6.07 Å². The molecule has 1 aromatic heterocycles. The quantitative estimate of drug-likeness (QED) is 0.674. The lowest BCUT2D eigenvalue weighted by Crippen LogP contribution is -2.03. The predicted octanol–water partition coefficient (Wildman–Crippen LogP) is 3.51. The molecule has 3 aromatic rings. The summed E-state index contributed by atoms with van der Waals surface area (Å²) in [6, 6.07) is 7.49. The second-order valence-electron chi connectivity index (χ2n) is 4.52. The number of hydrogen-bond donors (Lipinski definition) is 3. The maximum Gasteiger partial charge on any atom is 0.323 e. The molecule has 1 heterocycles. The Morgan fingerprint density at radius 1 is 1.14 bits per heavy atom. The third kappa shape index (κ3) is 2.69. The van der Waals surface area contributed by atoms with Crippen molar-refractivity contribution in [2.75, 3.05) is 5.32 Å². The number of anilines is 1. The molecule has 0 aliphatic carbocycles. The van der Waals surface area contributed by atoms with Crippen molar-refractivity contribution in [2.45, 2.75) is 6.54 Å². The lowest BCUT2D eigenvalue weighted by Gasteiger charge is -2.10. The van der Waals surface area contributed by atoms with Crippen LogP contribution in [0.15, 0.2) is 39.6 Å². The fraction of sp³-hybridized carbons (Fsp3) is 0.0714. The average molecular weight is 354 g/mol. The van der Waals surface area contributed by atoms with E-state index in [1.54, 1.807) is 12.1 Å². The van der Waals surface area contributed by atoms with Gasteiger partial charge in [-0.25, -0.2) is 13.6 Å². The van der Waals surface area contributed by atoms with Crippen LogP contribution in [0, 0.1) is 11.6 Å². The SMILES string of the molecule is O=c1[nH]c2cc(Br)c(NCc3cccc(F)c3F)cc2[nH]1. The Morgan fingerprint density at radius 2 is 1.86 bits per heavy atom. The van der Waals surface area contributed by atoms with Gasteiger partial charge in [-0.3, -0.25) is 0 Å². The molecule has 0 spiro atoms. The van der Waals surface area contributed by atoms with Crippen molar-refractivity contribution in [3.8, 4) is 0 Å². The maximum absolute atomic E-state index is 13.6. The largest absolute Gasteiger partial charge is 0.380 e. The molecule has 7 heteroatoms. The Labute approximate surface area is 126 Å². The third-order valence-electron chi connectivity index (χ3n) is 3.10. The molecule has 0 radical (unpaired) electrons. The summed E-state index contributed by atoms with van der Waals surface area (Å²) in [5.74, 6) is -1.74. The van der Waals surface area contributed by atoms with E-state index in [1.165, 1.54) is 12.1 Å².